The highest BCUT2D eigenvalue weighted by atomic mass is 79.9. The zero-order chi connectivity index (χ0) is 15.5. The predicted octanol–water partition coefficient (Wildman–Crippen LogP) is 2.52. The second kappa shape index (κ2) is 9.77. The molecule has 0 unspecified atom stereocenters. The number of hydrogen-bond donors (Lipinski definition) is 2. The van der Waals surface area contributed by atoms with Gasteiger partial charge < -0.3 is 16.2 Å². The summed E-state index contributed by atoms with van der Waals surface area (Å²) in [5.41, 5.74) is 11.2. The van der Waals surface area contributed by atoms with E-state index >= 15 is 0 Å². The summed E-state index contributed by atoms with van der Waals surface area (Å²) < 4.78 is 6.64. The first-order chi connectivity index (χ1) is 10.1. The van der Waals surface area contributed by atoms with Crippen LogP contribution in [0.3, 0.4) is 0 Å². The van der Waals surface area contributed by atoms with Crippen LogP contribution in [0.2, 0.25) is 0 Å². The molecule has 0 amide bonds. The molecule has 112 valence electrons. The fourth-order valence-corrected chi connectivity index (χ4v) is 1.95. The van der Waals surface area contributed by atoms with Gasteiger partial charge >= 0.3 is 0 Å². The molecular formula is C14H18BrN5O. The predicted molar refractivity (Wildman–Crippen MR) is 87.1 cm³/mol. The van der Waals surface area contributed by atoms with Gasteiger partial charge in [-0.3, -0.25) is 0 Å². The lowest BCUT2D eigenvalue weighted by molar-refractivity contribution is 0.305. The van der Waals surface area contributed by atoms with E-state index in [0.29, 0.717) is 18.8 Å². The summed E-state index contributed by atoms with van der Waals surface area (Å²) in [7, 11) is 0. The molecule has 0 spiro atoms. The van der Waals surface area contributed by atoms with E-state index < -0.39 is 0 Å². The van der Waals surface area contributed by atoms with Crippen LogP contribution in [-0.4, -0.2) is 18.8 Å². The standard InChI is InChI=1S/C14H18BrN5O/c15-12-5-6-13(21-8-4-2-1-3-7-16)11(9-12)10-19-20-14(17)18/h5-6,9-10H,1-4,8H2,(H4,17,18,20). The minimum Gasteiger partial charge on any atom is -0.493 e. The number of nitrogens with two attached hydrogens (primary N) is 2. The van der Waals surface area contributed by atoms with Crippen molar-refractivity contribution in [2.24, 2.45) is 21.7 Å². The molecule has 21 heavy (non-hydrogen) atoms. The van der Waals surface area contributed by atoms with Crippen molar-refractivity contribution >= 4 is 28.1 Å². The quantitative estimate of drug-likeness (QED) is 0.324. The lowest BCUT2D eigenvalue weighted by atomic mass is 10.2. The molecule has 7 heteroatoms. The molecule has 1 rings (SSSR count). The van der Waals surface area contributed by atoms with Crippen LogP contribution < -0.4 is 16.2 Å². The summed E-state index contributed by atoms with van der Waals surface area (Å²) in [6.07, 6.45) is 4.91. The van der Waals surface area contributed by atoms with Gasteiger partial charge in [0.15, 0.2) is 0 Å². The molecular weight excluding hydrogens is 334 g/mol. The van der Waals surface area contributed by atoms with Gasteiger partial charge in [0.2, 0.25) is 5.96 Å². The number of guanidine groups is 1. The molecule has 4 N–H and O–H groups in total. The average molecular weight is 352 g/mol. The normalized spacial score (nSPS) is 10.3. The third-order valence-corrected chi connectivity index (χ3v) is 3.03. The number of rotatable bonds is 8. The summed E-state index contributed by atoms with van der Waals surface area (Å²) >= 11 is 3.39. The van der Waals surface area contributed by atoms with Gasteiger partial charge in [-0.05, 0) is 37.5 Å². The van der Waals surface area contributed by atoms with E-state index in [9.17, 15) is 0 Å². The summed E-state index contributed by atoms with van der Waals surface area (Å²) in [5.74, 6) is 0.620. The monoisotopic (exact) mass is 351 g/mol. The van der Waals surface area contributed by atoms with Crippen molar-refractivity contribution in [2.75, 3.05) is 6.61 Å². The lowest BCUT2D eigenvalue weighted by Crippen LogP contribution is -2.21. The minimum atomic E-state index is -0.0961. The first-order valence-corrected chi connectivity index (χ1v) is 7.34. The van der Waals surface area contributed by atoms with Crippen LogP contribution in [-0.2, 0) is 0 Å². The van der Waals surface area contributed by atoms with Crippen molar-refractivity contribution in [1.82, 2.24) is 0 Å². The summed E-state index contributed by atoms with van der Waals surface area (Å²) in [4.78, 5) is 0. The van der Waals surface area contributed by atoms with E-state index in [4.69, 9.17) is 21.5 Å². The third-order valence-electron chi connectivity index (χ3n) is 2.53. The average Bonchev–Trinajstić information content (AvgIpc) is 2.44. The Bertz CT molecular complexity index is 547. The van der Waals surface area contributed by atoms with Crippen molar-refractivity contribution < 1.29 is 4.74 Å². The maximum Gasteiger partial charge on any atom is 0.211 e. The largest absolute Gasteiger partial charge is 0.493 e. The van der Waals surface area contributed by atoms with Crippen LogP contribution in [0, 0.1) is 11.3 Å². The summed E-state index contributed by atoms with van der Waals surface area (Å²) in [6, 6.07) is 7.75. The van der Waals surface area contributed by atoms with Crippen LogP contribution >= 0.6 is 15.9 Å². The van der Waals surface area contributed by atoms with Crippen molar-refractivity contribution in [3.05, 3.63) is 28.2 Å². The number of nitrogens with zero attached hydrogens (tertiary/aromatic N) is 3. The highest BCUT2D eigenvalue weighted by Crippen LogP contribution is 2.22. The van der Waals surface area contributed by atoms with Gasteiger partial charge in [-0.15, -0.1) is 5.10 Å². The zero-order valence-electron chi connectivity index (χ0n) is 11.6. The number of nitriles is 1. The van der Waals surface area contributed by atoms with Crippen molar-refractivity contribution in [1.29, 1.82) is 5.26 Å². The highest BCUT2D eigenvalue weighted by Gasteiger charge is 2.03. The molecule has 1 aromatic rings. The van der Waals surface area contributed by atoms with Crippen molar-refractivity contribution in [3.8, 4) is 11.8 Å². The molecule has 0 aliphatic carbocycles. The topological polar surface area (TPSA) is 110 Å². The van der Waals surface area contributed by atoms with Gasteiger partial charge in [-0.2, -0.15) is 10.4 Å². The Morgan fingerprint density at radius 1 is 1.33 bits per heavy atom. The zero-order valence-corrected chi connectivity index (χ0v) is 13.2. The second-order valence-electron chi connectivity index (χ2n) is 4.27. The van der Waals surface area contributed by atoms with Crippen molar-refractivity contribution in [2.45, 2.75) is 25.7 Å². The molecule has 0 fully saturated rings. The van der Waals surface area contributed by atoms with E-state index in [1.165, 1.54) is 6.21 Å². The molecule has 0 saturated heterocycles. The first-order valence-electron chi connectivity index (χ1n) is 6.54. The third kappa shape index (κ3) is 7.32. The summed E-state index contributed by atoms with van der Waals surface area (Å²) in [6.45, 7) is 0.593. The lowest BCUT2D eigenvalue weighted by Gasteiger charge is -2.09. The van der Waals surface area contributed by atoms with Gasteiger partial charge in [-0.1, -0.05) is 15.9 Å². The molecule has 0 heterocycles. The maximum absolute atomic E-state index is 8.46. The number of unbranched alkanes of at least 4 members (excludes halogenated alkanes) is 3. The van der Waals surface area contributed by atoms with E-state index in [-0.39, 0.29) is 5.96 Å². The SMILES string of the molecule is N#CCCCCCOc1ccc(Br)cc1C=NN=C(N)N. The smallest absolute Gasteiger partial charge is 0.211 e. The molecule has 0 aliphatic rings. The Morgan fingerprint density at radius 3 is 2.86 bits per heavy atom. The van der Waals surface area contributed by atoms with E-state index in [0.717, 1.165) is 29.3 Å². The van der Waals surface area contributed by atoms with Crippen LogP contribution in [0.4, 0.5) is 0 Å². The molecule has 0 saturated carbocycles. The Hall–Kier alpha value is -2.07. The number of ether oxygens (including phenoxy) is 1. The molecule has 0 atom stereocenters. The van der Waals surface area contributed by atoms with Gasteiger partial charge in [0.1, 0.15) is 5.75 Å². The van der Waals surface area contributed by atoms with Crippen LogP contribution in [0.5, 0.6) is 5.75 Å². The fourth-order valence-electron chi connectivity index (χ4n) is 1.57. The number of halogens is 1. The molecule has 1 aromatic carbocycles. The molecule has 0 aromatic heterocycles. The fraction of sp³-hybridized carbons (Fsp3) is 0.357. The maximum atomic E-state index is 8.46. The minimum absolute atomic E-state index is 0.0961. The van der Waals surface area contributed by atoms with E-state index in [2.05, 4.69) is 32.2 Å². The molecule has 0 bridgehead atoms. The van der Waals surface area contributed by atoms with Crippen LogP contribution in [0.1, 0.15) is 31.2 Å². The summed E-state index contributed by atoms with van der Waals surface area (Å²) in [5, 5.41) is 15.8. The highest BCUT2D eigenvalue weighted by molar-refractivity contribution is 9.10. The molecule has 0 aliphatic heterocycles. The van der Waals surface area contributed by atoms with Gasteiger partial charge in [-0.25, -0.2) is 0 Å². The number of hydrogen-bond acceptors (Lipinski definition) is 4. The van der Waals surface area contributed by atoms with Crippen molar-refractivity contribution in [3.63, 3.8) is 0 Å². The van der Waals surface area contributed by atoms with Crippen LogP contribution in [0.15, 0.2) is 32.9 Å². The van der Waals surface area contributed by atoms with E-state index in [1.54, 1.807) is 0 Å². The van der Waals surface area contributed by atoms with Crippen LogP contribution in [0.25, 0.3) is 0 Å². The second-order valence-corrected chi connectivity index (χ2v) is 5.18. The number of benzene rings is 1. The van der Waals surface area contributed by atoms with Gasteiger partial charge in [0.25, 0.3) is 0 Å². The molecule has 6 nitrogen and oxygen atoms in total. The Labute approximate surface area is 132 Å². The molecule has 0 radical (unpaired) electrons. The Kier molecular flexibility index (Phi) is 7.90. The Balaban J connectivity index is 2.59. The van der Waals surface area contributed by atoms with Gasteiger partial charge in [0, 0.05) is 16.5 Å². The van der Waals surface area contributed by atoms with E-state index in [1.807, 2.05) is 18.2 Å². The first kappa shape index (κ1) is 17.0. The van der Waals surface area contributed by atoms with Gasteiger partial charge in [0.05, 0.1) is 18.9 Å². The Morgan fingerprint density at radius 2 is 2.14 bits per heavy atom.